The largest absolute Gasteiger partial charge is 0.384 e. The Labute approximate surface area is 130 Å². The molecule has 2 aromatic rings. The van der Waals surface area contributed by atoms with Gasteiger partial charge < -0.3 is 5.73 Å². The normalized spacial score (nSPS) is 10.7. The van der Waals surface area contributed by atoms with Gasteiger partial charge in [-0.25, -0.2) is 4.68 Å². The zero-order valence-electron chi connectivity index (χ0n) is 13.3. The Morgan fingerprint density at radius 1 is 1.32 bits per heavy atom. The molecule has 1 aromatic carbocycles. The van der Waals surface area contributed by atoms with Crippen LogP contribution in [0.25, 0.3) is 11.3 Å². The number of amidine groups is 1. The summed E-state index contributed by atoms with van der Waals surface area (Å²) in [5, 5.41) is 12.1. The summed E-state index contributed by atoms with van der Waals surface area (Å²) < 4.78 is 1.43. The van der Waals surface area contributed by atoms with Crippen LogP contribution in [0.4, 0.5) is 0 Å². The summed E-state index contributed by atoms with van der Waals surface area (Å²) in [6.45, 7) is 6.64. The van der Waals surface area contributed by atoms with Crippen LogP contribution >= 0.6 is 0 Å². The monoisotopic (exact) mass is 298 g/mol. The molecule has 116 valence electrons. The van der Waals surface area contributed by atoms with Crippen LogP contribution in [0.15, 0.2) is 29.1 Å². The van der Waals surface area contributed by atoms with E-state index in [2.05, 4.69) is 18.1 Å². The van der Waals surface area contributed by atoms with Crippen molar-refractivity contribution in [3.05, 3.63) is 51.3 Å². The van der Waals surface area contributed by atoms with Crippen LogP contribution in [0.3, 0.4) is 0 Å². The van der Waals surface area contributed by atoms with Crippen molar-refractivity contribution in [2.75, 3.05) is 0 Å². The summed E-state index contributed by atoms with van der Waals surface area (Å²) in [6, 6.07) is 7.70. The van der Waals surface area contributed by atoms with E-state index < -0.39 is 0 Å². The minimum absolute atomic E-state index is 0.209. The fraction of sp³-hybridized carbons (Fsp3) is 0.353. The number of nitrogens with one attached hydrogen (secondary N) is 1. The Kier molecular flexibility index (Phi) is 4.75. The summed E-state index contributed by atoms with van der Waals surface area (Å²) in [5.74, 6) is -0.219. The SMILES string of the molecule is CCCCn1nc(-c2ccc(C)cc2C)cc(C(=N)N)c1=O. The number of aromatic nitrogens is 2. The van der Waals surface area contributed by atoms with Crippen LogP contribution < -0.4 is 11.3 Å². The Morgan fingerprint density at radius 2 is 2.05 bits per heavy atom. The third-order valence-electron chi connectivity index (χ3n) is 3.65. The molecule has 0 bridgehead atoms. The minimum Gasteiger partial charge on any atom is -0.384 e. The summed E-state index contributed by atoms with van der Waals surface area (Å²) in [7, 11) is 0. The number of benzene rings is 1. The second-order valence-electron chi connectivity index (χ2n) is 5.56. The highest BCUT2D eigenvalue weighted by atomic mass is 16.1. The molecule has 0 saturated heterocycles. The molecule has 1 aromatic heterocycles. The first-order valence-corrected chi connectivity index (χ1v) is 7.48. The molecule has 3 N–H and O–H groups in total. The van der Waals surface area contributed by atoms with E-state index in [1.165, 1.54) is 10.2 Å². The van der Waals surface area contributed by atoms with Gasteiger partial charge in [0.15, 0.2) is 0 Å². The average molecular weight is 298 g/mol. The molecule has 0 unspecified atom stereocenters. The number of hydrogen-bond acceptors (Lipinski definition) is 3. The molecule has 0 spiro atoms. The molecule has 5 heteroatoms. The second kappa shape index (κ2) is 6.56. The molecule has 0 aliphatic carbocycles. The van der Waals surface area contributed by atoms with Gasteiger partial charge in [-0.05, 0) is 31.9 Å². The van der Waals surface area contributed by atoms with Crippen molar-refractivity contribution in [1.29, 1.82) is 5.41 Å². The quantitative estimate of drug-likeness (QED) is 0.657. The number of aryl methyl sites for hydroxylation is 3. The van der Waals surface area contributed by atoms with Gasteiger partial charge in [0, 0.05) is 12.1 Å². The van der Waals surface area contributed by atoms with Gasteiger partial charge in [-0.15, -0.1) is 0 Å². The Bertz CT molecular complexity index is 762. The van der Waals surface area contributed by atoms with Crippen LogP contribution in [0.2, 0.25) is 0 Å². The molecule has 0 atom stereocenters. The van der Waals surface area contributed by atoms with Crippen LogP contribution in [0, 0.1) is 19.3 Å². The molecule has 0 saturated carbocycles. The number of rotatable bonds is 5. The zero-order valence-corrected chi connectivity index (χ0v) is 13.3. The van der Waals surface area contributed by atoms with Crippen LogP contribution in [-0.2, 0) is 6.54 Å². The molecular weight excluding hydrogens is 276 g/mol. The fourth-order valence-electron chi connectivity index (χ4n) is 2.43. The predicted octanol–water partition coefficient (Wildman–Crippen LogP) is 2.61. The van der Waals surface area contributed by atoms with Gasteiger partial charge in [0.05, 0.1) is 11.3 Å². The highest BCUT2D eigenvalue weighted by molar-refractivity contribution is 5.95. The van der Waals surface area contributed by atoms with Gasteiger partial charge in [0.25, 0.3) is 5.56 Å². The molecule has 0 radical (unpaired) electrons. The maximum atomic E-state index is 12.3. The van der Waals surface area contributed by atoms with E-state index in [0.717, 1.165) is 24.0 Å². The van der Waals surface area contributed by atoms with E-state index in [1.54, 1.807) is 6.07 Å². The number of nitrogen functional groups attached to an aromatic ring is 1. The number of nitrogens with zero attached hydrogens (tertiary/aromatic N) is 2. The third kappa shape index (κ3) is 3.24. The van der Waals surface area contributed by atoms with Crippen molar-refractivity contribution < 1.29 is 0 Å². The van der Waals surface area contributed by atoms with E-state index in [0.29, 0.717) is 12.2 Å². The van der Waals surface area contributed by atoms with Gasteiger partial charge in [0.2, 0.25) is 0 Å². The van der Waals surface area contributed by atoms with Crippen molar-refractivity contribution in [2.24, 2.45) is 5.73 Å². The van der Waals surface area contributed by atoms with Crippen molar-refractivity contribution in [1.82, 2.24) is 9.78 Å². The lowest BCUT2D eigenvalue weighted by atomic mass is 10.0. The predicted molar refractivity (Wildman–Crippen MR) is 89.3 cm³/mol. The lowest BCUT2D eigenvalue weighted by Gasteiger charge is -2.12. The highest BCUT2D eigenvalue weighted by Crippen LogP contribution is 2.22. The summed E-state index contributed by atoms with van der Waals surface area (Å²) in [6.07, 6.45) is 1.83. The highest BCUT2D eigenvalue weighted by Gasteiger charge is 2.13. The van der Waals surface area contributed by atoms with Crippen LogP contribution in [0.5, 0.6) is 0 Å². The standard InChI is InChI=1S/C17H22N4O/c1-4-5-8-21-17(22)14(16(18)19)10-15(20-21)13-7-6-11(2)9-12(13)3/h6-7,9-10H,4-5,8H2,1-3H3,(H3,18,19). The topological polar surface area (TPSA) is 84.8 Å². The Hall–Kier alpha value is -2.43. The van der Waals surface area contributed by atoms with Crippen molar-refractivity contribution >= 4 is 5.84 Å². The molecule has 0 amide bonds. The third-order valence-corrected chi connectivity index (χ3v) is 3.65. The molecular formula is C17H22N4O. The average Bonchev–Trinajstić information content (AvgIpc) is 2.46. The molecule has 2 rings (SSSR count). The lowest BCUT2D eigenvalue weighted by Crippen LogP contribution is -2.31. The zero-order chi connectivity index (χ0) is 16.3. The summed E-state index contributed by atoms with van der Waals surface area (Å²) >= 11 is 0. The number of hydrogen-bond donors (Lipinski definition) is 2. The van der Waals surface area contributed by atoms with Crippen LogP contribution in [0.1, 0.15) is 36.5 Å². The van der Waals surface area contributed by atoms with Gasteiger partial charge >= 0.3 is 0 Å². The van der Waals surface area contributed by atoms with Gasteiger partial charge in [-0.2, -0.15) is 5.10 Å². The maximum Gasteiger partial charge on any atom is 0.277 e. The van der Waals surface area contributed by atoms with E-state index in [4.69, 9.17) is 11.1 Å². The molecule has 5 nitrogen and oxygen atoms in total. The van der Waals surface area contributed by atoms with E-state index in [1.807, 2.05) is 26.0 Å². The maximum absolute atomic E-state index is 12.3. The summed E-state index contributed by atoms with van der Waals surface area (Å²) in [4.78, 5) is 12.3. The van der Waals surface area contributed by atoms with Gasteiger partial charge in [-0.1, -0.05) is 37.1 Å². The van der Waals surface area contributed by atoms with Crippen LogP contribution in [-0.4, -0.2) is 15.6 Å². The molecule has 0 aliphatic heterocycles. The lowest BCUT2D eigenvalue weighted by molar-refractivity contribution is 0.544. The molecule has 0 aliphatic rings. The molecule has 0 fully saturated rings. The molecule has 1 heterocycles. The Morgan fingerprint density at radius 3 is 2.64 bits per heavy atom. The number of nitrogens with two attached hydrogens (primary N) is 1. The first-order valence-electron chi connectivity index (χ1n) is 7.48. The first kappa shape index (κ1) is 15.9. The van der Waals surface area contributed by atoms with E-state index >= 15 is 0 Å². The first-order chi connectivity index (χ1) is 10.4. The fourth-order valence-corrected chi connectivity index (χ4v) is 2.43. The summed E-state index contributed by atoms with van der Waals surface area (Å²) in [5.41, 5.74) is 9.37. The van der Waals surface area contributed by atoms with Crippen molar-refractivity contribution in [3.63, 3.8) is 0 Å². The van der Waals surface area contributed by atoms with Gasteiger partial charge in [0.1, 0.15) is 5.84 Å². The van der Waals surface area contributed by atoms with Crippen molar-refractivity contribution in [2.45, 2.75) is 40.2 Å². The number of unbranched alkanes of at least 4 members (excludes halogenated alkanes) is 1. The minimum atomic E-state index is -0.297. The van der Waals surface area contributed by atoms with Gasteiger partial charge in [-0.3, -0.25) is 10.2 Å². The smallest absolute Gasteiger partial charge is 0.277 e. The second-order valence-corrected chi connectivity index (χ2v) is 5.56. The van der Waals surface area contributed by atoms with E-state index in [-0.39, 0.29) is 17.0 Å². The molecule has 22 heavy (non-hydrogen) atoms. The van der Waals surface area contributed by atoms with E-state index in [9.17, 15) is 4.79 Å². The Balaban J connectivity index is 2.62. The van der Waals surface area contributed by atoms with Crippen molar-refractivity contribution in [3.8, 4) is 11.3 Å².